The summed E-state index contributed by atoms with van der Waals surface area (Å²) in [5.74, 6) is 1.01. The Hall–Kier alpha value is -3.55. The molecule has 0 bridgehead atoms. The summed E-state index contributed by atoms with van der Waals surface area (Å²) in [5.41, 5.74) is 1.01. The van der Waals surface area contributed by atoms with Gasteiger partial charge in [0.05, 0.1) is 30.8 Å². The number of nitrogens with zero attached hydrogens (tertiary/aromatic N) is 2. The van der Waals surface area contributed by atoms with E-state index in [1.165, 1.54) is 4.57 Å². The van der Waals surface area contributed by atoms with Gasteiger partial charge in [0.1, 0.15) is 18.0 Å². The largest absolute Gasteiger partial charge is 0.497 e. The van der Waals surface area contributed by atoms with Crippen LogP contribution >= 0.6 is 0 Å². The van der Waals surface area contributed by atoms with E-state index in [1.54, 1.807) is 49.5 Å². The lowest BCUT2D eigenvalue weighted by Crippen LogP contribution is -2.41. The first kappa shape index (κ1) is 18.8. The SMILES string of the molecule is COc1cc(OC)c2c(c1)N(C(=O)Cn1c(=O)[nH]c(=O)c3ccccc31)CCC2. The topological polar surface area (TPSA) is 93.6 Å². The van der Waals surface area contributed by atoms with Gasteiger partial charge in [-0.05, 0) is 25.0 Å². The molecule has 4 rings (SSSR count). The number of rotatable bonds is 4. The number of fused-ring (bicyclic) bond motifs is 2. The summed E-state index contributed by atoms with van der Waals surface area (Å²) in [4.78, 5) is 41.6. The van der Waals surface area contributed by atoms with Crippen molar-refractivity contribution in [2.75, 3.05) is 25.7 Å². The van der Waals surface area contributed by atoms with Crippen LogP contribution in [0, 0.1) is 0 Å². The van der Waals surface area contributed by atoms with E-state index >= 15 is 0 Å². The van der Waals surface area contributed by atoms with E-state index < -0.39 is 11.2 Å². The van der Waals surface area contributed by atoms with E-state index in [-0.39, 0.29) is 12.5 Å². The minimum atomic E-state index is -0.609. The summed E-state index contributed by atoms with van der Waals surface area (Å²) in [6, 6.07) is 10.3. The van der Waals surface area contributed by atoms with Crippen LogP contribution in [0.5, 0.6) is 11.5 Å². The van der Waals surface area contributed by atoms with E-state index in [9.17, 15) is 14.4 Å². The number of carbonyl (C=O) groups excluding carboxylic acids is 1. The van der Waals surface area contributed by atoms with Crippen molar-refractivity contribution in [1.82, 2.24) is 9.55 Å². The van der Waals surface area contributed by atoms with Crippen LogP contribution in [0.3, 0.4) is 0 Å². The molecule has 0 aliphatic carbocycles. The third-order valence-electron chi connectivity index (χ3n) is 5.21. The molecule has 1 amide bonds. The molecule has 2 heterocycles. The van der Waals surface area contributed by atoms with Gasteiger partial charge in [-0.1, -0.05) is 12.1 Å². The Labute approximate surface area is 166 Å². The number of nitrogens with one attached hydrogen (secondary N) is 1. The molecule has 3 aromatic rings. The Morgan fingerprint density at radius 2 is 1.93 bits per heavy atom. The van der Waals surface area contributed by atoms with Crippen LogP contribution in [0.25, 0.3) is 10.9 Å². The van der Waals surface area contributed by atoms with Crippen LogP contribution in [-0.4, -0.2) is 36.2 Å². The smallest absolute Gasteiger partial charge is 0.329 e. The second kappa shape index (κ2) is 7.46. The highest BCUT2D eigenvalue weighted by Crippen LogP contribution is 2.38. The van der Waals surface area contributed by atoms with Crippen molar-refractivity contribution in [2.24, 2.45) is 0 Å². The van der Waals surface area contributed by atoms with Gasteiger partial charge in [0, 0.05) is 24.2 Å². The summed E-state index contributed by atoms with van der Waals surface area (Å²) in [6.07, 6.45) is 1.57. The maximum atomic E-state index is 13.2. The fraction of sp³-hybridized carbons (Fsp3) is 0.286. The average Bonchev–Trinajstić information content (AvgIpc) is 2.75. The number of hydrogen-bond donors (Lipinski definition) is 1. The number of benzene rings is 2. The molecule has 1 aliphatic rings. The molecule has 8 nitrogen and oxygen atoms in total. The Balaban J connectivity index is 1.76. The van der Waals surface area contributed by atoms with Gasteiger partial charge >= 0.3 is 5.69 Å². The predicted molar refractivity (Wildman–Crippen MR) is 109 cm³/mol. The number of amides is 1. The average molecular weight is 395 g/mol. The highest BCUT2D eigenvalue weighted by atomic mass is 16.5. The van der Waals surface area contributed by atoms with Crippen LogP contribution in [0.2, 0.25) is 0 Å². The van der Waals surface area contributed by atoms with Crippen molar-refractivity contribution < 1.29 is 14.3 Å². The maximum Gasteiger partial charge on any atom is 0.329 e. The second-order valence-electron chi connectivity index (χ2n) is 6.84. The highest BCUT2D eigenvalue weighted by molar-refractivity contribution is 5.96. The molecule has 29 heavy (non-hydrogen) atoms. The Morgan fingerprint density at radius 3 is 2.69 bits per heavy atom. The Bertz CT molecular complexity index is 1210. The van der Waals surface area contributed by atoms with Gasteiger partial charge < -0.3 is 14.4 Å². The van der Waals surface area contributed by atoms with E-state index in [0.29, 0.717) is 28.9 Å². The van der Waals surface area contributed by atoms with E-state index in [1.807, 2.05) is 6.07 Å². The van der Waals surface area contributed by atoms with Gasteiger partial charge in [0.2, 0.25) is 5.91 Å². The molecule has 1 aromatic heterocycles. The molecule has 1 N–H and O–H groups in total. The monoisotopic (exact) mass is 395 g/mol. The Kier molecular flexibility index (Phi) is 4.84. The zero-order valence-corrected chi connectivity index (χ0v) is 16.2. The van der Waals surface area contributed by atoms with E-state index in [4.69, 9.17) is 9.47 Å². The molecule has 0 radical (unpaired) electrons. The number of H-pyrrole nitrogens is 1. The normalized spacial score (nSPS) is 13.2. The summed E-state index contributed by atoms with van der Waals surface area (Å²) in [5, 5.41) is 0.363. The first-order valence-electron chi connectivity index (χ1n) is 9.30. The summed E-state index contributed by atoms with van der Waals surface area (Å²) >= 11 is 0. The number of anilines is 1. The van der Waals surface area contributed by atoms with Crippen molar-refractivity contribution in [3.63, 3.8) is 0 Å². The molecule has 0 spiro atoms. The van der Waals surface area contributed by atoms with Gasteiger partial charge in [-0.25, -0.2) is 4.79 Å². The van der Waals surface area contributed by atoms with Crippen LogP contribution < -0.4 is 25.6 Å². The number of ether oxygens (including phenoxy) is 2. The van der Waals surface area contributed by atoms with E-state index in [2.05, 4.69) is 4.98 Å². The minimum Gasteiger partial charge on any atom is -0.497 e. The van der Waals surface area contributed by atoms with Crippen LogP contribution in [0.1, 0.15) is 12.0 Å². The minimum absolute atomic E-state index is 0.185. The van der Waals surface area contributed by atoms with E-state index in [0.717, 1.165) is 24.1 Å². The van der Waals surface area contributed by atoms with Gasteiger partial charge in [-0.15, -0.1) is 0 Å². The molecule has 0 saturated carbocycles. The highest BCUT2D eigenvalue weighted by Gasteiger charge is 2.27. The third-order valence-corrected chi connectivity index (χ3v) is 5.21. The lowest BCUT2D eigenvalue weighted by molar-refractivity contribution is -0.119. The van der Waals surface area contributed by atoms with Gasteiger partial charge in [-0.3, -0.25) is 19.1 Å². The number of methoxy groups -OCH3 is 2. The lowest BCUT2D eigenvalue weighted by atomic mass is 10.00. The Morgan fingerprint density at radius 1 is 1.14 bits per heavy atom. The van der Waals surface area contributed by atoms with Crippen molar-refractivity contribution in [3.05, 3.63) is 62.8 Å². The van der Waals surface area contributed by atoms with Crippen LogP contribution in [-0.2, 0) is 17.8 Å². The van der Waals surface area contributed by atoms with Crippen LogP contribution in [0.4, 0.5) is 5.69 Å². The lowest BCUT2D eigenvalue weighted by Gasteiger charge is -2.31. The van der Waals surface area contributed by atoms with Gasteiger partial charge in [0.15, 0.2) is 0 Å². The molecule has 8 heteroatoms. The molecule has 0 unspecified atom stereocenters. The van der Waals surface area contributed by atoms with Crippen LogP contribution in [0.15, 0.2) is 46.0 Å². The molecular weight excluding hydrogens is 374 g/mol. The zero-order valence-electron chi connectivity index (χ0n) is 16.2. The van der Waals surface area contributed by atoms with Gasteiger partial charge in [-0.2, -0.15) is 0 Å². The number of aromatic amines is 1. The summed E-state index contributed by atoms with van der Waals surface area (Å²) in [7, 11) is 3.14. The predicted octanol–water partition coefficient (Wildman–Crippen LogP) is 1.69. The molecule has 2 aromatic carbocycles. The maximum absolute atomic E-state index is 13.2. The number of carbonyl (C=O) groups is 1. The molecule has 0 atom stereocenters. The van der Waals surface area contributed by atoms with Gasteiger partial charge in [0.25, 0.3) is 5.56 Å². The standard InChI is InChI=1S/C21H21N3O5/c1-28-13-10-17-14(18(11-13)29-2)7-5-9-23(17)19(25)12-24-16-8-4-3-6-15(16)20(26)22-21(24)27/h3-4,6,8,10-11H,5,7,9,12H2,1-2H3,(H,22,26,27). The quantitative estimate of drug-likeness (QED) is 0.726. The van der Waals surface area contributed by atoms with Crippen molar-refractivity contribution in [1.29, 1.82) is 0 Å². The second-order valence-corrected chi connectivity index (χ2v) is 6.84. The summed E-state index contributed by atoms with van der Waals surface area (Å²) in [6.45, 7) is 0.341. The molecule has 0 fully saturated rings. The number of para-hydroxylation sites is 1. The summed E-state index contributed by atoms with van der Waals surface area (Å²) < 4.78 is 12.1. The van der Waals surface area contributed by atoms with Crippen molar-refractivity contribution in [3.8, 4) is 11.5 Å². The van der Waals surface area contributed by atoms with Crippen molar-refractivity contribution in [2.45, 2.75) is 19.4 Å². The first-order chi connectivity index (χ1) is 14.0. The van der Waals surface area contributed by atoms with Crippen molar-refractivity contribution >= 4 is 22.5 Å². The molecule has 150 valence electrons. The fourth-order valence-electron chi connectivity index (χ4n) is 3.81. The first-order valence-corrected chi connectivity index (χ1v) is 9.30. The molecular formula is C21H21N3O5. The molecule has 0 saturated heterocycles. The zero-order chi connectivity index (χ0) is 20.5. The number of aromatic nitrogens is 2. The third kappa shape index (κ3) is 3.26. The number of hydrogen-bond acceptors (Lipinski definition) is 5. The fourth-order valence-corrected chi connectivity index (χ4v) is 3.81. The molecule has 1 aliphatic heterocycles.